The molecule has 0 aromatic heterocycles. The van der Waals surface area contributed by atoms with E-state index in [0.29, 0.717) is 32.8 Å². The predicted molar refractivity (Wildman–Crippen MR) is 55.8 cm³/mol. The fourth-order valence-electron chi connectivity index (χ4n) is 1.09. The van der Waals surface area contributed by atoms with Crippen LogP contribution in [-0.2, 0) is 14.3 Å². The van der Waals surface area contributed by atoms with Crippen molar-refractivity contribution in [2.75, 3.05) is 47.1 Å². The maximum absolute atomic E-state index is 10.6. The van der Waals surface area contributed by atoms with Crippen LogP contribution in [0.3, 0.4) is 0 Å². The van der Waals surface area contributed by atoms with Gasteiger partial charge in [0.05, 0.1) is 13.2 Å². The van der Waals surface area contributed by atoms with Crippen molar-refractivity contribution in [3.8, 4) is 0 Å². The van der Waals surface area contributed by atoms with Crippen molar-refractivity contribution in [3.05, 3.63) is 0 Å². The first-order valence-electron chi connectivity index (χ1n) is 4.80. The third-order valence-corrected chi connectivity index (χ3v) is 2.00. The Balaban J connectivity index is 3.92. The van der Waals surface area contributed by atoms with Gasteiger partial charge in [-0.05, 0) is 0 Å². The summed E-state index contributed by atoms with van der Waals surface area (Å²) < 4.78 is 9.85. The van der Waals surface area contributed by atoms with E-state index in [0.717, 1.165) is 0 Å². The largest absolute Gasteiger partial charge is 0.480 e. The van der Waals surface area contributed by atoms with Crippen molar-refractivity contribution < 1.29 is 19.4 Å². The summed E-state index contributed by atoms with van der Waals surface area (Å²) in [6.07, 6.45) is 0. The topological polar surface area (TPSA) is 85.0 Å². The smallest absolute Gasteiger partial charge is 0.321 e. The van der Waals surface area contributed by atoms with Gasteiger partial charge in [0.15, 0.2) is 0 Å². The second kappa shape index (κ2) is 8.60. The molecule has 0 aliphatic heterocycles. The summed E-state index contributed by atoms with van der Waals surface area (Å²) in [7, 11) is 3.21. The lowest BCUT2D eigenvalue weighted by atomic mass is 10.3. The minimum absolute atomic E-state index is 0.308. The second-order valence-electron chi connectivity index (χ2n) is 3.23. The van der Waals surface area contributed by atoms with E-state index in [9.17, 15) is 4.79 Å². The van der Waals surface area contributed by atoms with Gasteiger partial charge in [-0.15, -0.1) is 0 Å². The molecule has 0 heterocycles. The average Bonchev–Trinajstić information content (AvgIpc) is 2.21. The number of ether oxygens (including phenoxy) is 2. The molecule has 0 rings (SSSR count). The monoisotopic (exact) mass is 220 g/mol. The van der Waals surface area contributed by atoms with Crippen LogP contribution in [0.4, 0.5) is 0 Å². The molecular formula is C9H20N2O4. The lowest BCUT2D eigenvalue weighted by molar-refractivity contribution is -0.139. The van der Waals surface area contributed by atoms with E-state index in [1.807, 2.05) is 4.90 Å². The molecule has 0 aliphatic rings. The molecule has 0 fully saturated rings. The summed E-state index contributed by atoms with van der Waals surface area (Å²) in [6.45, 7) is 2.72. The first-order chi connectivity index (χ1) is 7.11. The van der Waals surface area contributed by atoms with Crippen LogP contribution < -0.4 is 5.73 Å². The van der Waals surface area contributed by atoms with Crippen LogP contribution in [-0.4, -0.2) is 69.1 Å². The first kappa shape index (κ1) is 14.3. The molecule has 0 spiro atoms. The van der Waals surface area contributed by atoms with Crippen LogP contribution in [0.25, 0.3) is 0 Å². The summed E-state index contributed by atoms with van der Waals surface area (Å²) >= 11 is 0. The van der Waals surface area contributed by atoms with E-state index >= 15 is 0 Å². The van der Waals surface area contributed by atoms with Crippen molar-refractivity contribution >= 4 is 5.97 Å². The average molecular weight is 220 g/mol. The van der Waals surface area contributed by atoms with Crippen molar-refractivity contribution in [1.82, 2.24) is 4.90 Å². The van der Waals surface area contributed by atoms with Crippen LogP contribution >= 0.6 is 0 Å². The molecule has 1 atom stereocenters. The zero-order chi connectivity index (χ0) is 11.7. The third kappa shape index (κ3) is 7.26. The standard InChI is InChI=1S/C9H20N2O4/c1-14-5-3-11(4-6-15-2)7-8(10)9(12)13/h8H,3-7,10H2,1-2H3,(H,12,13)/t8-/m0/s1. The van der Waals surface area contributed by atoms with Crippen LogP contribution in [0.1, 0.15) is 0 Å². The first-order valence-corrected chi connectivity index (χ1v) is 4.80. The molecule has 90 valence electrons. The molecule has 0 bridgehead atoms. The second-order valence-corrected chi connectivity index (χ2v) is 3.23. The molecule has 0 saturated carbocycles. The third-order valence-electron chi connectivity index (χ3n) is 2.00. The molecule has 0 radical (unpaired) electrons. The summed E-state index contributed by atoms with van der Waals surface area (Å²) in [6, 6.07) is -0.862. The van der Waals surface area contributed by atoms with Gasteiger partial charge < -0.3 is 20.3 Å². The van der Waals surface area contributed by atoms with Crippen molar-refractivity contribution in [2.45, 2.75) is 6.04 Å². The lowest BCUT2D eigenvalue weighted by Gasteiger charge is -2.23. The van der Waals surface area contributed by atoms with Gasteiger partial charge in [0.2, 0.25) is 0 Å². The van der Waals surface area contributed by atoms with Crippen molar-refractivity contribution in [1.29, 1.82) is 0 Å². The molecule has 6 heteroatoms. The quantitative estimate of drug-likeness (QED) is 0.518. The SMILES string of the molecule is COCCN(CCOC)C[C@H](N)C(=O)O. The molecule has 0 aliphatic carbocycles. The maximum Gasteiger partial charge on any atom is 0.321 e. The zero-order valence-corrected chi connectivity index (χ0v) is 9.31. The van der Waals surface area contributed by atoms with E-state index in [-0.39, 0.29) is 0 Å². The van der Waals surface area contributed by atoms with Crippen LogP contribution in [0, 0.1) is 0 Å². The van der Waals surface area contributed by atoms with Crippen LogP contribution in [0.15, 0.2) is 0 Å². The maximum atomic E-state index is 10.6. The minimum atomic E-state index is -0.991. The molecule has 0 unspecified atom stereocenters. The molecular weight excluding hydrogens is 200 g/mol. The minimum Gasteiger partial charge on any atom is -0.480 e. The fraction of sp³-hybridized carbons (Fsp3) is 0.889. The molecule has 0 saturated heterocycles. The molecule has 0 aromatic carbocycles. The number of carboxylic acid groups (broad SMARTS) is 1. The summed E-state index contributed by atoms with van der Waals surface area (Å²) in [5, 5.41) is 8.67. The zero-order valence-electron chi connectivity index (χ0n) is 9.31. The molecule has 3 N–H and O–H groups in total. The summed E-state index contributed by atoms with van der Waals surface area (Å²) in [5.41, 5.74) is 5.44. The Bertz CT molecular complexity index is 169. The van der Waals surface area contributed by atoms with Gasteiger partial charge >= 0.3 is 5.97 Å². The van der Waals surface area contributed by atoms with Crippen LogP contribution in [0.2, 0.25) is 0 Å². The molecule has 6 nitrogen and oxygen atoms in total. The van der Waals surface area contributed by atoms with Crippen molar-refractivity contribution in [2.24, 2.45) is 5.73 Å². The van der Waals surface area contributed by atoms with Crippen molar-refractivity contribution in [3.63, 3.8) is 0 Å². The van der Waals surface area contributed by atoms with E-state index < -0.39 is 12.0 Å². The van der Waals surface area contributed by atoms with Gasteiger partial charge in [-0.2, -0.15) is 0 Å². The number of nitrogens with two attached hydrogens (primary N) is 1. The number of methoxy groups -OCH3 is 2. The normalized spacial score (nSPS) is 13.1. The lowest BCUT2D eigenvalue weighted by Crippen LogP contribution is -2.44. The molecule has 15 heavy (non-hydrogen) atoms. The number of aliphatic carboxylic acids is 1. The van der Waals surface area contributed by atoms with E-state index in [1.165, 1.54) is 0 Å². The highest BCUT2D eigenvalue weighted by Crippen LogP contribution is 1.92. The van der Waals surface area contributed by atoms with Gasteiger partial charge in [-0.1, -0.05) is 0 Å². The van der Waals surface area contributed by atoms with Gasteiger partial charge in [-0.3, -0.25) is 9.69 Å². The highest BCUT2D eigenvalue weighted by molar-refractivity contribution is 5.73. The number of hydrogen-bond acceptors (Lipinski definition) is 5. The summed E-state index contributed by atoms with van der Waals surface area (Å²) in [5.74, 6) is -0.991. The Kier molecular flexibility index (Phi) is 8.21. The fourth-order valence-corrected chi connectivity index (χ4v) is 1.09. The summed E-state index contributed by atoms with van der Waals surface area (Å²) in [4.78, 5) is 12.5. The van der Waals surface area contributed by atoms with Gasteiger partial charge in [-0.25, -0.2) is 0 Å². The predicted octanol–water partition coefficient (Wildman–Crippen LogP) is -1.01. The Morgan fingerprint density at radius 3 is 2.13 bits per heavy atom. The van der Waals surface area contributed by atoms with Crippen LogP contribution in [0.5, 0.6) is 0 Å². The number of nitrogens with zero attached hydrogens (tertiary/aromatic N) is 1. The van der Waals surface area contributed by atoms with Gasteiger partial charge in [0.1, 0.15) is 6.04 Å². The highest BCUT2D eigenvalue weighted by Gasteiger charge is 2.15. The van der Waals surface area contributed by atoms with E-state index in [4.69, 9.17) is 20.3 Å². The number of carbonyl (C=O) groups is 1. The Hall–Kier alpha value is -0.690. The highest BCUT2D eigenvalue weighted by atomic mass is 16.5. The number of hydrogen-bond donors (Lipinski definition) is 2. The number of carboxylic acids is 1. The molecule has 0 amide bonds. The molecule has 0 aromatic rings. The Labute approximate surface area is 89.9 Å². The van der Waals surface area contributed by atoms with E-state index in [1.54, 1.807) is 14.2 Å². The van der Waals surface area contributed by atoms with Gasteiger partial charge in [0.25, 0.3) is 0 Å². The number of rotatable bonds is 9. The Morgan fingerprint density at radius 1 is 1.33 bits per heavy atom. The van der Waals surface area contributed by atoms with Gasteiger partial charge in [0, 0.05) is 33.9 Å². The van der Waals surface area contributed by atoms with E-state index in [2.05, 4.69) is 0 Å². The Morgan fingerprint density at radius 2 is 1.80 bits per heavy atom.